The first-order chi connectivity index (χ1) is 6.74. The second-order valence-corrected chi connectivity index (χ2v) is 5.02. The van der Waals surface area contributed by atoms with Gasteiger partial charge in [-0.1, -0.05) is 20.3 Å². The number of Topliss-reactive ketones (excluding diaryl/α,β-unsaturated/α-hetero) is 1. The van der Waals surface area contributed by atoms with Crippen LogP contribution in [0.5, 0.6) is 0 Å². The highest BCUT2D eigenvalue weighted by Crippen LogP contribution is 2.12. The molecular formula is C12H22O3. The van der Waals surface area contributed by atoms with Crippen LogP contribution in [0, 0.1) is 5.92 Å². The van der Waals surface area contributed by atoms with Crippen molar-refractivity contribution in [2.24, 2.45) is 5.92 Å². The van der Waals surface area contributed by atoms with Crippen molar-refractivity contribution in [1.82, 2.24) is 0 Å². The van der Waals surface area contributed by atoms with Gasteiger partial charge >= 0.3 is 5.97 Å². The molecule has 0 aliphatic rings. The summed E-state index contributed by atoms with van der Waals surface area (Å²) in [6.45, 7) is 9.43. The maximum absolute atomic E-state index is 11.4. The van der Waals surface area contributed by atoms with E-state index < -0.39 is 11.6 Å². The molecule has 0 rings (SSSR count). The third-order valence-corrected chi connectivity index (χ3v) is 2.03. The Morgan fingerprint density at radius 2 is 1.80 bits per heavy atom. The van der Waals surface area contributed by atoms with Crippen LogP contribution in [0.4, 0.5) is 0 Å². The molecular weight excluding hydrogens is 192 g/mol. The predicted molar refractivity (Wildman–Crippen MR) is 59.5 cm³/mol. The molecule has 3 heteroatoms. The molecule has 0 radical (unpaired) electrons. The van der Waals surface area contributed by atoms with E-state index >= 15 is 0 Å². The Hall–Kier alpha value is -0.860. The number of esters is 1. The van der Waals surface area contributed by atoms with Crippen LogP contribution in [0.3, 0.4) is 0 Å². The zero-order chi connectivity index (χ0) is 12.1. The summed E-state index contributed by atoms with van der Waals surface area (Å²) in [7, 11) is 0. The Bertz CT molecular complexity index is 226. The third-order valence-electron chi connectivity index (χ3n) is 2.03. The Balaban J connectivity index is 3.92. The zero-order valence-electron chi connectivity index (χ0n) is 10.4. The van der Waals surface area contributed by atoms with Gasteiger partial charge in [0.25, 0.3) is 0 Å². The summed E-state index contributed by atoms with van der Waals surface area (Å²) in [4.78, 5) is 22.7. The largest absolute Gasteiger partial charge is 0.460 e. The van der Waals surface area contributed by atoms with Gasteiger partial charge in [0.05, 0.1) is 0 Å². The molecule has 0 N–H and O–H groups in total. The predicted octanol–water partition coefficient (Wildman–Crippen LogP) is 2.72. The van der Waals surface area contributed by atoms with Gasteiger partial charge in [0, 0.05) is 6.42 Å². The minimum atomic E-state index is -0.506. The fraction of sp³-hybridized carbons (Fsp3) is 0.833. The lowest BCUT2D eigenvalue weighted by molar-refractivity contribution is -0.156. The van der Waals surface area contributed by atoms with Gasteiger partial charge in [-0.15, -0.1) is 0 Å². The van der Waals surface area contributed by atoms with E-state index in [2.05, 4.69) is 0 Å². The van der Waals surface area contributed by atoms with E-state index in [4.69, 9.17) is 4.74 Å². The number of hydrogen-bond donors (Lipinski definition) is 0. The highest BCUT2D eigenvalue weighted by atomic mass is 16.6. The number of carbonyl (C=O) groups excluding carboxylic acids is 2. The van der Waals surface area contributed by atoms with Crippen LogP contribution in [-0.2, 0) is 14.3 Å². The summed E-state index contributed by atoms with van der Waals surface area (Å²) in [5.74, 6) is -0.102. The first kappa shape index (κ1) is 14.1. The average Bonchev–Trinajstić information content (AvgIpc) is 1.99. The lowest BCUT2D eigenvalue weighted by Gasteiger charge is -2.19. The van der Waals surface area contributed by atoms with Gasteiger partial charge in [-0.05, 0) is 26.7 Å². The minimum Gasteiger partial charge on any atom is -0.460 e. The molecule has 0 fully saturated rings. The summed E-state index contributed by atoms with van der Waals surface area (Å²) in [6, 6.07) is 0. The van der Waals surface area contributed by atoms with Crippen molar-refractivity contribution in [3.05, 3.63) is 0 Å². The molecule has 0 aromatic rings. The first-order valence-electron chi connectivity index (χ1n) is 5.48. The molecule has 15 heavy (non-hydrogen) atoms. The molecule has 1 unspecified atom stereocenters. The van der Waals surface area contributed by atoms with Gasteiger partial charge in [-0.2, -0.15) is 0 Å². The van der Waals surface area contributed by atoms with Crippen LogP contribution >= 0.6 is 0 Å². The van der Waals surface area contributed by atoms with E-state index in [0.717, 1.165) is 6.42 Å². The summed E-state index contributed by atoms with van der Waals surface area (Å²) < 4.78 is 5.06. The fourth-order valence-electron chi connectivity index (χ4n) is 1.14. The van der Waals surface area contributed by atoms with Gasteiger partial charge in [-0.3, -0.25) is 9.59 Å². The maximum Gasteiger partial charge on any atom is 0.313 e. The normalized spacial score (nSPS) is 13.4. The number of rotatable bonds is 5. The smallest absolute Gasteiger partial charge is 0.313 e. The van der Waals surface area contributed by atoms with Crippen LogP contribution in [0.1, 0.15) is 53.9 Å². The number of hydrogen-bond acceptors (Lipinski definition) is 3. The van der Waals surface area contributed by atoms with E-state index in [1.807, 2.05) is 13.8 Å². The zero-order valence-corrected chi connectivity index (χ0v) is 10.4. The standard InChI is InChI=1S/C12H22O3/c1-6-9(2)7-10(13)8-11(14)15-12(3,4)5/h9H,6-8H2,1-5H3. The quantitative estimate of drug-likeness (QED) is 0.522. The topological polar surface area (TPSA) is 43.4 Å². The lowest BCUT2D eigenvalue weighted by Crippen LogP contribution is -2.25. The first-order valence-corrected chi connectivity index (χ1v) is 5.48. The van der Waals surface area contributed by atoms with Crippen LogP contribution in [-0.4, -0.2) is 17.4 Å². The van der Waals surface area contributed by atoms with Crippen molar-refractivity contribution in [3.8, 4) is 0 Å². The van der Waals surface area contributed by atoms with E-state index in [1.54, 1.807) is 20.8 Å². The van der Waals surface area contributed by atoms with Crippen LogP contribution in [0.15, 0.2) is 0 Å². The van der Waals surface area contributed by atoms with Crippen LogP contribution in [0.25, 0.3) is 0 Å². The van der Waals surface area contributed by atoms with Crippen molar-refractivity contribution in [2.45, 2.75) is 59.5 Å². The van der Waals surface area contributed by atoms with Crippen molar-refractivity contribution < 1.29 is 14.3 Å². The highest BCUT2D eigenvalue weighted by Gasteiger charge is 2.19. The molecule has 88 valence electrons. The van der Waals surface area contributed by atoms with Crippen molar-refractivity contribution in [2.75, 3.05) is 0 Å². The summed E-state index contributed by atoms with van der Waals surface area (Å²) in [5.41, 5.74) is -0.506. The average molecular weight is 214 g/mol. The molecule has 0 aromatic carbocycles. The molecule has 1 atom stereocenters. The van der Waals surface area contributed by atoms with Gasteiger partial charge in [0.15, 0.2) is 0 Å². The van der Waals surface area contributed by atoms with Crippen molar-refractivity contribution in [1.29, 1.82) is 0 Å². The Kier molecular flexibility index (Phi) is 5.55. The lowest BCUT2D eigenvalue weighted by atomic mass is 10.0. The van der Waals surface area contributed by atoms with Gasteiger partial charge < -0.3 is 4.74 Å². The van der Waals surface area contributed by atoms with E-state index in [-0.39, 0.29) is 12.2 Å². The van der Waals surface area contributed by atoms with Crippen LogP contribution < -0.4 is 0 Å². The fourth-order valence-corrected chi connectivity index (χ4v) is 1.14. The minimum absolute atomic E-state index is 0.0291. The molecule has 3 nitrogen and oxygen atoms in total. The molecule has 0 aliphatic heterocycles. The molecule has 0 saturated carbocycles. The summed E-state index contributed by atoms with van der Waals surface area (Å²) in [5, 5.41) is 0. The molecule has 0 bridgehead atoms. The molecule has 0 heterocycles. The van der Waals surface area contributed by atoms with E-state index in [0.29, 0.717) is 12.3 Å². The van der Waals surface area contributed by atoms with Crippen molar-refractivity contribution >= 4 is 11.8 Å². The Labute approximate surface area is 92.2 Å². The van der Waals surface area contributed by atoms with Gasteiger partial charge in [0.1, 0.15) is 17.8 Å². The van der Waals surface area contributed by atoms with Gasteiger partial charge in [-0.25, -0.2) is 0 Å². The maximum atomic E-state index is 11.4. The van der Waals surface area contributed by atoms with E-state index in [9.17, 15) is 9.59 Å². The second-order valence-electron chi connectivity index (χ2n) is 5.02. The summed E-state index contributed by atoms with van der Waals surface area (Å²) >= 11 is 0. The SMILES string of the molecule is CCC(C)CC(=O)CC(=O)OC(C)(C)C. The third kappa shape index (κ3) is 8.16. The molecule has 0 saturated heterocycles. The number of carbonyl (C=O) groups is 2. The van der Waals surface area contributed by atoms with Gasteiger partial charge in [0.2, 0.25) is 0 Å². The Morgan fingerprint density at radius 1 is 1.27 bits per heavy atom. The monoisotopic (exact) mass is 214 g/mol. The number of ketones is 1. The highest BCUT2D eigenvalue weighted by molar-refractivity contribution is 5.95. The number of ether oxygens (including phenoxy) is 1. The van der Waals surface area contributed by atoms with Crippen LogP contribution in [0.2, 0.25) is 0 Å². The Morgan fingerprint density at radius 3 is 2.20 bits per heavy atom. The molecule has 0 aromatic heterocycles. The molecule has 0 aliphatic carbocycles. The summed E-state index contributed by atoms with van der Waals surface area (Å²) in [6.07, 6.45) is 1.33. The molecule has 0 spiro atoms. The van der Waals surface area contributed by atoms with Crippen molar-refractivity contribution in [3.63, 3.8) is 0 Å². The second kappa shape index (κ2) is 5.89. The van der Waals surface area contributed by atoms with E-state index in [1.165, 1.54) is 0 Å². The molecule has 0 amide bonds.